The molecule has 3 aromatic rings. The number of fused-ring (bicyclic) bond motifs is 1. The summed E-state index contributed by atoms with van der Waals surface area (Å²) in [5.41, 5.74) is 2.44. The number of likely N-dealkylation sites (N-methyl/N-ethyl adjacent to an activating group) is 1. The maximum absolute atomic E-state index is 12.9. The van der Waals surface area contributed by atoms with E-state index < -0.39 is 0 Å². The van der Waals surface area contributed by atoms with Gasteiger partial charge in [-0.15, -0.1) is 0 Å². The average Bonchev–Trinajstić information content (AvgIpc) is 3.33. The summed E-state index contributed by atoms with van der Waals surface area (Å²) in [4.78, 5) is 15.2. The number of benzene rings is 1. The Kier molecular flexibility index (Phi) is 5.69. The molecular formula is C22H28N4O3. The Morgan fingerprint density at radius 3 is 2.76 bits per heavy atom. The van der Waals surface area contributed by atoms with E-state index in [2.05, 4.69) is 24.0 Å². The standard InChI is InChI=1S/C22H28N4O3/c1-4-16-14-28-15-17(25(16)3)9-10-29-22(27)20-13-26(18-11-23-24(2)12-18)21-8-6-5-7-19(20)21/h5-8,11-13,16-17H,4,9-10,14-15H2,1-3H3/t16-,17-/m0/s1. The smallest absolute Gasteiger partial charge is 0.340 e. The van der Waals surface area contributed by atoms with Gasteiger partial charge in [0.05, 0.1) is 42.8 Å². The maximum atomic E-state index is 12.9. The zero-order chi connectivity index (χ0) is 20.4. The minimum Gasteiger partial charge on any atom is -0.462 e. The molecule has 154 valence electrons. The van der Waals surface area contributed by atoms with Crippen LogP contribution in [0.5, 0.6) is 0 Å². The molecule has 0 amide bonds. The van der Waals surface area contributed by atoms with Crippen LogP contribution in [0.15, 0.2) is 42.9 Å². The Bertz CT molecular complexity index is 993. The number of esters is 1. The summed E-state index contributed by atoms with van der Waals surface area (Å²) in [7, 11) is 4.00. The van der Waals surface area contributed by atoms with Gasteiger partial charge in [-0.1, -0.05) is 25.1 Å². The predicted molar refractivity (Wildman–Crippen MR) is 111 cm³/mol. The van der Waals surface area contributed by atoms with Crippen LogP contribution in [0.1, 0.15) is 30.1 Å². The molecule has 2 atom stereocenters. The third-order valence-corrected chi connectivity index (χ3v) is 5.83. The molecule has 1 aliphatic rings. The van der Waals surface area contributed by atoms with Gasteiger partial charge >= 0.3 is 5.97 Å². The van der Waals surface area contributed by atoms with Crippen LogP contribution in [0.4, 0.5) is 0 Å². The zero-order valence-corrected chi connectivity index (χ0v) is 17.2. The van der Waals surface area contributed by atoms with Crippen LogP contribution in [0.25, 0.3) is 16.6 Å². The number of aryl methyl sites for hydroxylation is 1. The zero-order valence-electron chi connectivity index (χ0n) is 17.2. The van der Waals surface area contributed by atoms with Crippen LogP contribution in [0.3, 0.4) is 0 Å². The molecule has 0 unspecified atom stereocenters. The number of nitrogens with zero attached hydrogens (tertiary/aromatic N) is 4. The molecule has 3 heterocycles. The van der Waals surface area contributed by atoms with Crippen molar-refractivity contribution in [2.75, 3.05) is 26.9 Å². The molecule has 1 fully saturated rings. The number of carbonyl (C=O) groups excluding carboxylic acids is 1. The summed E-state index contributed by atoms with van der Waals surface area (Å²) >= 11 is 0. The van der Waals surface area contributed by atoms with Crippen molar-refractivity contribution in [3.63, 3.8) is 0 Å². The molecular weight excluding hydrogens is 368 g/mol. The van der Waals surface area contributed by atoms with E-state index in [1.165, 1.54) is 0 Å². The monoisotopic (exact) mass is 396 g/mol. The topological polar surface area (TPSA) is 61.5 Å². The molecule has 0 N–H and O–H groups in total. The van der Waals surface area contributed by atoms with Crippen LogP contribution in [0.2, 0.25) is 0 Å². The highest BCUT2D eigenvalue weighted by Gasteiger charge is 2.27. The fourth-order valence-corrected chi connectivity index (χ4v) is 4.02. The Labute approximate surface area is 170 Å². The van der Waals surface area contributed by atoms with Crippen molar-refractivity contribution in [2.24, 2.45) is 7.05 Å². The number of carbonyl (C=O) groups is 1. The van der Waals surface area contributed by atoms with Gasteiger partial charge in [-0.25, -0.2) is 4.79 Å². The highest BCUT2D eigenvalue weighted by molar-refractivity contribution is 6.04. The van der Waals surface area contributed by atoms with Gasteiger partial charge in [-0.05, 0) is 26.0 Å². The maximum Gasteiger partial charge on any atom is 0.340 e. The number of ether oxygens (including phenoxy) is 2. The first-order valence-corrected chi connectivity index (χ1v) is 10.1. The lowest BCUT2D eigenvalue weighted by Crippen LogP contribution is -2.50. The van der Waals surface area contributed by atoms with Crippen LogP contribution < -0.4 is 0 Å². The number of rotatable bonds is 6. The first-order chi connectivity index (χ1) is 14.1. The Morgan fingerprint density at radius 1 is 1.21 bits per heavy atom. The van der Waals surface area contributed by atoms with E-state index in [-0.39, 0.29) is 12.0 Å². The first kappa shape index (κ1) is 19.7. The molecule has 0 bridgehead atoms. The lowest BCUT2D eigenvalue weighted by molar-refractivity contribution is -0.0448. The SMILES string of the molecule is CC[C@H]1COC[C@H](CCOC(=O)c2cn(-c3cnn(C)c3)c3ccccc23)N1C. The number of morpholine rings is 1. The quantitative estimate of drug-likeness (QED) is 0.600. The molecule has 0 saturated carbocycles. The number of hydrogen-bond donors (Lipinski definition) is 0. The minimum atomic E-state index is -0.296. The van der Waals surface area contributed by atoms with E-state index in [9.17, 15) is 4.79 Å². The highest BCUT2D eigenvalue weighted by Crippen LogP contribution is 2.25. The van der Waals surface area contributed by atoms with Crippen molar-refractivity contribution >= 4 is 16.9 Å². The lowest BCUT2D eigenvalue weighted by atomic mass is 10.1. The number of para-hydroxylation sites is 1. The molecule has 1 aromatic carbocycles. The van der Waals surface area contributed by atoms with E-state index in [1.807, 2.05) is 48.3 Å². The first-order valence-electron chi connectivity index (χ1n) is 10.1. The van der Waals surface area contributed by atoms with Crippen molar-refractivity contribution in [1.29, 1.82) is 0 Å². The van der Waals surface area contributed by atoms with Gasteiger partial charge in [-0.2, -0.15) is 5.10 Å². The van der Waals surface area contributed by atoms with E-state index in [0.717, 1.165) is 36.0 Å². The van der Waals surface area contributed by atoms with Gasteiger partial charge in [0, 0.05) is 36.9 Å². The Hall–Kier alpha value is -2.64. The normalized spacial score (nSPS) is 20.2. The van der Waals surface area contributed by atoms with E-state index in [4.69, 9.17) is 9.47 Å². The van der Waals surface area contributed by atoms with Crippen molar-refractivity contribution in [2.45, 2.75) is 31.8 Å². The molecule has 7 nitrogen and oxygen atoms in total. The van der Waals surface area contributed by atoms with Crippen molar-refractivity contribution in [1.82, 2.24) is 19.2 Å². The third-order valence-electron chi connectivity index (χ3n) is 5.83. The molecule has 0 radical (unpaired) electrons. The number of aromatic nitrogens is 3. The fourth-order valence-electron chi connectivity index (χ4n) is 4.02. The molecule has 1 saturated heterocycles. The predicted octanol–water partition coefficient (Wildman–Crippen LogP) is 3.02. The van der Waals surface area contributed by atoms with Crippen LogP contribution in [-0.4, -0.2) is 64.2 Å². The summed E-state index contributed by atoms with van der Waals surface area (Å²) in [6.45, 7) is 4.01. The summed E-state index contributed by atoms with van der Waals surface area (Å²) in [5.74, 6) is -0.296. The van der Waals surface area contributed by atoms with Crippen molar-refractivity contribution < 1.29 is 14.3 Å². The molecule has 0 spiro atoms. The summed E-state index contributed by atoms with van der Waals surface area (Å²) in [6.07, 6.45) is 7.36. The average molecular weight is 396 g/mol. The van der Waals surface area contributed by atoms with Crippen LogP contribution in [0, 0.1) is 0 Å². The van der Waals surface area contributed by atoms with Gasteiger partial charge in [0.25, 0.3) is 0 Å². The summed E-state index contributed by atoms with van der Waals surface area (Å²) in [5, 5.41) is 5.12. The molecule has 0 aliphatic carbocycles. The van der Waals surface area contributed by atoms with Crippen molar-refractivity contribution in [3.05, 3.63) is 48.4 Å². The van der Waals surface area contributed by atoms with E-state index in [1.54, 1.807) is 10.9 Å². The molecule has 4 rings (SSSR count). The van der Waals surface area contributed by atoms with Gasteiger partial charge in [0.1, 0.15) is 0 Å². The third kappa shape index (κ3) is 3.93. The minimum absolute atomic E-state index is 0.276. The second kappa shape index (κ2) is 8.39. The number of hydrogen-bond acceptors (Lipinski definition) is 5. The second-order valence-corrected chi connectivity index (χ2v) is 7.65. The molecule has 2 aromatic heterocycles. The van der Waals surface area contributed by atoms with Gasteiger partial charge in [0.15, 0.2) is 0 Å². The Morgan fingerprint density at radius 2 is 2.00 bits per heavy atom. The molecule has 1 aliphatic heterocycles. The van der Waals surface area contributed by atoms with Crippen molar-refractivity contribution in [3.8, 4) is 5.69 Å². The fraction of sp³-hybridized carbons (Fsp3) is 0.455. The van der Waals surface area contributed by atoms with Crippen LogP contribution >= 0.6 is 0 Å². The summed E-state index contributed by atoms with van der Waals surface area (Å²) < 4.78 is 15.1. The van der Waals surface area contributed by atoms with Gasteiger partial charge in [-0.3, -0.25) is 9.58 Å². The lowest BCUT2D eigenvalue weighted by Gasteiger charge is -2.39. The molecule has 7 heteroatoms. The second-order valence-electron chi connectivity index (χ2n) is 7.65. The van der Waals surface area contributed by atoms with E-state index >= 15 is 0 Å². The molecule has 29 heavy (non-hydrogen) atoms. The summed E-state index contributed by atoms with van der Waals surface area (Å²) in [6, 6.07) is 8.56. The van der Waals surface area contributed by atoms with Crippen LogP contribution in [-0.2, 0) is 16.5 Å². The van der Waals surface area contributed by atoms with Gasteiger partial charge < -0.3 is 14.0 Å². The highest BCUT2D eigenvalue weighted by atomic mass is 16.5. The largest absolute Gasteiger partial charge is 0.462 e. The van der Waals surface area contributed by atoms with E-state index in [0.29, 0.717) is 24.8 Å². The van der Waals surface area contributed by atoms with Gasteiger partial charge in [0.2, 0.25) is 0 Å². The Balaban J connectivity index is 1.48.